The Hall–Kier alpha value is -1.16. The molecule has 1 heterocycles. The molecule has 0 aliphatic carbocycles. The van der Waals surface area contributed by atoms with Crippen LogP contribution >= 0.6 is 0 Å². The van der Waals surface area contributed by atoms with Gasteiger partial charge in [0.2, 0.25) is 5.91 Å². The van der Waals surface area contributed by atoms with Crippen molar-refractivity contribution >= 4 is 16.3 Å². The Balaban J connectivity index is 2.14. The summed E-state index contributed by atoms with van der Waals surface area (Å²) in [5.41, 5.74) is 0. The van der Waals surface area contributed by atoms with Crippen LogP contribution in [-0.2, 0) is 28.9 Å². The van der Waals surface area contributed by atoms with Crippen LogP contribution in [0.1, 0.15) is 309 Å². The number of nitrogens with one attached hydrogen (secondary N) is 1. The Morgan fingerprint density at radius 2 is 0.877 bits per heavy atom. The number of aliphatic hydroxyl groups excluding tert-OH is 4. The van der Waals surface area contributed by atoms with E-state index in [9.17, 15) is 38.2 Å². The average molecular weight is 1060 g/mol. The first-order valence-electron chi connectivity index (χ1n) is 31.1. The molecule has 1 saturated heterocycles. The van der Waals surface area contributed by atoms with Gasteiger partial charge in [0, 0.05) is 6.42 Å². The zero-order valence-electron chi connectivity index (χ0n) is 47.2. The van der Waals surface area contributed by atoms with Gasteiger partial charge in [-0.1, -0.05) is 276 Å². The van der Waals surface area contributed by atoms with Crippen LogP contribution in [0.4, 0.5) is 0 Å². The van der Waals surface area contributed by atoms with E-state index in [2.05, 4.69) is 35.5 Å². The van der Waals surface area contributed by atoms with Gasteiger partial charge < -0.3 is 35.2 Å². The number of hydrogen-bond acceptors (Lipinski definition) is 10. The van der Waals surface area contributed by atoms with Crippen molar-refractivity contribution in [2.45, 2.75) is 352 Å². The third-order valence-corrected chi connectivity index (χ3v) is 15.5. The van der Waals surface area contributed by atoms with Crippen molar-refractivity contribution in [1.29, 1.82) is 0 Å². The number of carbonyl (C=O) groups excluding carboxylic acids is 1. The van der Waals surface area contributed by atoms with Crippen molar-refractivity contribution in [3.63, 3.8) is 0 Å². The van der Waals surface area contributed by atoms with Crippen molar-refractivity contribution in [2.75, 3.05) is 13.2 Å². The predicted octanol–water partition coefficient (Wildman–Crippen LogP) is 15.0. The molecule has 1 fully saturated rings. The normalized spacial score (nSPS) is 19.2. The third kappa shape index (κ3) is 42.5. The summed E-state index contributed by atoms with van der Waals surface area (Å²) in [7, 11) is -5.08. The van der Waals surface area contributed by atoms with Crippen LogP contribution in [0.3, 0.4) is 0 Å². The summed E-state index contributed by atoms with van der Waals surface area (Å²) in [5, 5.41) is 45.0. The Kier molecular flexibility index (Phi) is 48.2. The molecular formula is C60H117NO11S. The average Bonchev–Trinajstić information content (AvgIpc) is 3.37. The molecule has 1 rings (SSSR count). The zero-order valence-corrected chi connectivity index (χ0v) is 48.0. The van der Waals surface area contributed by atoms with Crippen molar-refractivity contribution in [2.24, 2.45) is 0 Å². The molecule has 7 atom stereocenters. The molecule has 0 spiro atoms. The first kappa shape index (κ1) is 69.9. The molecule has 1 amide bonds. The molecule has 12 nitrogen and oxygen atoms in total. The van der Waals surface area contributed by atoms with E-state index in [1.54, 1.807) is 0 Å². The van der Waals surface area contributed by atoms with Gasteiger partial charge in [-0.05, 0) is 38.5 Å². The fraction of sp³-hybridized carbons (Fsp3) is 0.950. The molecular weight excluding hydrogens is 943 g/mol. The maximum atomic E-state index is 13.1. The number of rotatable bonds is 55. The summed E-state index contributed by atoms with van der Waals surface area (Å²) in [6.07, 6.45) is 52.7. The van der Waals surface area contributed by atoms with Gasteiger partial charge in [0.15, 0.2) is 6.29 Å². The lowest BCUT2D eigenvalue weighted by Gasteiger charge is -2.41. The Bertz CT molecular complexity index is 1340. The third-order valence-electron chi connectivity index (χ3n) is 15.1. The van der Waals surface area contributed by atoms with Gasteiger partial charge in [-0.25, -0.2) is 4.18 Å². The van der Waals surface area contributed by atoms with E-state index in [0.29, 0.717) is 12.8 Å². The standard InChI is InChI=1S/C60H117NO11S/c1-3-5-7-9-11-13-15-16-17-18-19-20-21-22-23-24-25-26-27-28-29-30-31-32-33-34-35-36-37-38-40-42-44-46-48-50-56(64)61-53(54(63)49-47-45-43-41-39-14-12-10-8-6-4-2)52-70-60-58(66)59(72-73(67,68)69)57(65)55(51-62)71-60/h24-25,53-55,57-60,62-63,65-66H,3-23,26-52H2,1-2H3,(H,61,64)(H,67,68,69)/b25-24-. The predicted molar refractivity (Wildman–Crippen MR) is 301 cm³/mol. The highest BCUT2D eigenvalue weighted by molar-refractivity contribution is 7.80. The molecule has 0 aromatic carbocycles. The van der Waals surface area contributed by atoms with E-state index < -0.39 is 59.9 Å². The summed E-state index contributed by atoms with van der Waals surface area (Å²) >= 11 is 0. The molecule has 73 heavy (non-hydrogen) atoms. The van der Waals surface area contributed by atoms with Crippen LogP contribution in [0.15, 0.2) is 12.2 Å². The van der Waals surface area contributed by atoms with Gasteiger partial charge in [-0.15, -0.1) is 0 Å². The Morgan fingerprint density at radius 1 is 0.534 bits per heavy atom. The second-order valence-corrected chi connectivity index (χ2v) is 23.0. The minimum atomic E-state index is -5.08. The van der Waals surface area contributed by atoms with Gasteiger partial charge in [0.1, 0.15) is 24.4 Å². The van der Waals surface area contributed by atoms with Crippen molar-refractivity contribution < 1.29 is 51.8 Å². The topological polar surface area (TPSA) is 192 Å². The summed E-state index contributed by atoms with van der Waals surface area (Å²) in [5.74, 6) is -0.225. The maximum Gasteiger partial charge on any atom is 0.397 e. The van der Waals surface area contributed by atoms with Crippen LogP contribution in [-0.4, -0.2) is 95.4 Å². The van der Waals surface area contributed by atoms with Gasteiger partial charge in [0.25, 0.3) is 0 Å². The fourth-order valence-electron chi connectivity index (χ4n) is 10.3. The van der Waals surface area contributed by atoms with Crippen molar-refractivity contribution in [3.05, 3.63) is 12.2 Å². The maximum absolute atomic E-state index is 13.1. The van der Waals surface area contributed by atoms with E-state index in [-0.39, 0.29) is 12.5 Å². The highest BCUT2D eigenvalue weighted by atomic mass is 32.3. The molecule has 0 saturated carbocycles. The molecule has 7 unspecified atom stereocenters. The van der Waals surface area contributed by atoms with Gasteiger partial charge >= 0.3 is 10.4 Å². The monoisotopic (exact) mass is 1060 g/mol. The van der Waals surface area contributed by atoms with Crippen LogP contribution in [0, 0.1) is 0 Å². The molecule has 0 radical (unpaired) electrons. The van der Waals surface area contributed by atoms with Crippen LogP contribution in [0.2, 0.25) is 0 Å². The lowest BCUT2D eigenvalue weighted by molar-refractivity contribution is -0.298. The molecule has 6 N–H and O–H groups in total. The van der Waals surface area contributed by atoms with Gasteiger partial charge in [-0.3, -0.25) is 9.35 Å². The van der Waals surface area contributed by atoms with E-state index >= 15 is 0 Å². The summed E-state index contributed by atoms with van der Waals surface area (Å²) in [6, 6.07) is -0.854. The summed E-state index contributed by atoms with van der Waals surface area (Å²) < 4.78 is 47.8. The molecule has 434 valence electrons. The number of hydrogen-bond donors (Lipinski definition) is 6. The molecule has 13 heteroatoms. The minimum Gasteiger partial charge on any atom is -0.394 e. The molecule has 1 aliphatic rings. The number of aliphatic hydroxyl groups is 4. The Morgan fingerprint density at radius 3 is 1.23 bits per heavy atom. The first-order chi connectivity index (χ1) is 35.5. The van der Waals surface area contributed by atoms with Crippen molar-refractivity contribution in [3.8, 4) is 0 Å². The largest absolute Gasteiger partial charge is 0.397 e. The van der Waals surface area contributed by atoms with Crippen LogP contribution < -0.4 is 5.32 Å². The second kappa shape index (κ2) is 50.4. The quantitative estimate of drug-likeness (QED) is 0.0193. The van der Waals surface area contributed by atoms with Gasteiger partial charge in [0.05, 0.1) is 25.4 Å². The van der Waals surface area contributed by atoms with E-state index in [1.165, 1.54) is 231 Å². The highest BCUT2D eigenvalue weighted by Gasteiger charge is 2.48. The smallest absolute Gasteiger partial charge is 0.394 e. The first-order valence-corrected chi connectivity index (χ1v) is 32.4. The number of unbranched alkanes of at least 4 members (excludes halogenated alkanes) is 41. The van der Waals surface area contributed by atoms with E-state index in [4.69, 9.17) is 9.47 Å². The lowest BCUT2D eigenvalue weighted by atomic mass is 9.99. The minimum absolute atomic E-state index is 0.225. The molecule has 0 aromatic rings. The van der Waals surface area contributed by atoms with E-state index in [1.807, 2.05) is 0 Å². The SMILES string of the molecule is CCCCCCCCCCCCCCCC/C=C\CCCCCCCCCCCCCCCCCCCC(=O)NC(COC1OC(CO)C(O)C(OS(=O)(=O)O)C1O)C(O)CCCCCCCCCCCCC. The Labute approximate surface area is 449 Å². The van der Waals surface area contributed by atoms with Gasteiger partial charge in [-0.2, -0.15) is 8.42 Å². The molecule has 1 aliphatic heterocycles. The number of carbonyl (C=O) groups is 1. The summed E-state index contributed by atoms with van der Waals surface area (Å²) in [4.78, 5) is 13.1. The molecule has 0 bridgehead atoms. The highest BCUT2D eigenvalue weighted by Crippen LogP contribution is 2.26. The fourth-order valence-corrected chi connectivity index (χ4v) is 10.8. The van der Waals surface area contributed by atoms with E-state index in [0.717, 1.165) is 51.4 Å². The van der Waals surface area contributed by atoms with Crippen molar-refractivity contribution in [1.82, 2.24) is 5.32 Å². The second-order valence-electron chi connectivity index (χ2n) is 22.0. The molecule has 0 aromatic heterocycles. The van der Waals surface area contributed by atoms with Crippen LogP contribution in [0.25, 0.3) is 0 Å². The number of allylic oxidation sites excluding steroid dienone is 2. The summed E-state index contributed by atoms with van der Waals surface area (Å²) in [6.45, 7) is 3.47. The lowest BCUT2D eigenvalue weighted by Crippen LogP contribution is -2.61. The zero-order chi connectivity index (χ0) is 53.3. The number of ether oxygens (including phenoxy) is 2. The van der Waals surface area contributed by atoms with Crippen LogP contribution in [0.5, 0.6) is 0 Å². The number of amides is 1.